The molecule has 1 aromatic heterocycles. The highest BCUT2D eigenvalue weighted by molar-refractivity contribution is 5.65. The molecule has 88 valence electrons. The Morgan fingerprint density at radius 1 is 1.06 bits per heavy atom. The van der Waals surface area contributed by atoms with E-state index >= 15 is 0 Å². The van der Waals surface area contributed by atoms with E-state index in [1.54, 1.807) is 37.4 Å². The zero-order chi connectivity index (χ0) is 17.6. The fraction of sp³-hybridized carbons (Fsp3) is 0.312. The first-order valence-electron chi connectivity index (χ1n) is 8.54. The van der Waals surface area contributed by atoms with Crippen molar-refractivity contribution >= 4 is 0 Å². The van der Waals surface area contributed by atoms with Gasteiger partial charge >= 0.3 is 0 Å². The van der Waals surface area contributed by atoms with Crippen molar-refractivity contribution in [3.8, 4) is 11.3 Å². The predicted octanol–water partition coefficient (Wildman–Crippen LogP) is 3.41. The lowest BCUT2D eigenvalue weighted by atomic mass is 9.97. The summed E-state index contributed by atoms with van der Waals surface area (Å²) >= 11 is 0. The zero-order valence-corrected chi connectivity index (χ0v) is 10.3. The lowest BCUT2D eigenvalue weighted by Crippen LogP contribution is -2.32. The van der Waals surface area contributed by atoms with Crippen LogP contribution in [0.3, 0.4) is 0 Å². The normalized spacial score (nSPS) is 17.4. The first-order chi connectivity index (χ1) is 10.4. The largest absolute Gasteiger partial charge is 0.215 e. The number of pyridine rings is 1. The van der Waals surface area contributed by atoms with E-state index < -0.39 is 13.7 Å². The number of hydrogen-bond acceptors (Lipinski definition) is 0. The minimum absolute atomic E-state index is 0.283. The Balaban J connectivity index is 2.68. The number of aromatic nitrogens is 1. The fourth-order valence-electron chi connectivity index (χ4n) is 2.10. The van der Waals surface area contributed by atoms with Crippen LogP contribution >= 0.6 is 0 Å². The van der Waals surface area contributed by atoms with Gasteiger partial charge in [0.2, 0.25) is 5.69 Å². The highest BCUT2D eigenvalue weighted by Crippen LogP contribution is 2.25. The number of aryl methyl sites for hydroxylation is 4. The van der Waals surface area contributed by atoms with Gasteiger partial charge in [0.05, 0.1) is 0 Å². The van der Waals surface area contributed by atoms with Gasteiger partial charge in [-0.05, 0) is 44.7 Å². The molecule has 2 rings (SSSR count). The molecule has 0 N–H and O–H groups in total. The van der Waals surface area contributed by atoms with E-state index in [0.29, 0.717) is 11.1 Å². The lowest BCUT2D eigenvalue weighted by Gasteiger charge is -2.09. The maximum atomic E-state index is 7.66. The summed E-state index contributed by atoms with van der Waals surface area (Å²) in [6, 6.07) is 6.58. The molecule has 0 aliphatic heterocycles. The Hall–Kier alpha value is -1.63. The molecular weight excluding hydrogens is 206 g/mol. The van der Waals surface area contributed by atoms with Crippen LogP contribution in [0.15, 0.2) is 30.5 Å². The van der Waals surface area contributed by atoms with Gasteiger partial charge in [0.1, 0.15) is 7.05 Å². The van der Waals surface area contributed by atoms with Crippen LogP contribution in [-0.4, -0.2) is 0 Å². The lowest BCUT2D eigenvalue weighted by molar-refractivity contribution is -0.660. The van der Waals surface area contributed by atoms with Crippen molar-refractivity contribution in [3.05, 3.63) is 52.7 Å². The van der Waals surface area contributed by atoms with Gasteiger partial charge in [0, 0.05) is 25.4 Å². The second-order valence-electron chi connectivity index (χ2n) is 4.34. The van der Waals surface area contributed by atoms with Gasteiger partial charge in [-0.15, -0.1) is 0 Å². The first-order valence-corrected chi connectivity index (χ1v) is 5.54. The van der Waals surface area contributed by atoms with Crippen LogP contribution in [-0.2, 0) is 7.05 Å². The van der Waals surface area contributed by atoms with E-state index in [2.05, 4.69) is 0 Å². The summed E-state index contributed by atoms with van der Waals surface area (Å²) in [7, 11) is 1.85. The maximum Gasteiger partial charge on any atom is 0.215 e. The van der Waals surface area contributed by atoms with Crippen molar-refractivity contribution in [2.45, 2.75) is 27.6 Å². The number of benzene rings is 1. The summed E-state index contributed by atoms with van der Waals surface area (Å²) in [5.41, 5.74) is 3.70. The third-order valence-corrected chi connectivity index (χ3v) is 3.06. The second kappa shape index (κ2) is 4.33. The third-order valence-electron chi connectivity index (χ3n) is 3.06. The molecule has 0 spiro atoms. The molecule has 1 aromatic carbocycles. The van der Waals surface area contributed by atoms with Crippen molar-refractivity contribution < 1.29 is 12.8 Å². The molecule has 0 amide bonds. The van der Waals surface area contributed by atoms with E-state index in [1.165, 1.54) is 0 Å². The van der Waals surface area contributed by atoms with Crippen LogP contribution in [0.4, 0.5) is 0 Å². The van der Waals surface area contributed by atoms with Crippen molar-refractivity contribution in [3.63, 3.8) is 0 Å². The minimum atomic E-state index is -2.18. The molecule has 2 aromatic rings. The molecular formula is C16H20N+. The highest BCUT2D eigenvalue weighted by atomic mass is 14.9. The van der Waals surface area contributed by atoms with E-state index in [9.17, 15) is 0 Å². The predicted molar refractivity (Wildman–Crippen MR) is 72.0 cm³/mol. The highest BCUT2D eigenvalue weighted by Gasteiger charge is 2.16. The van der Waals surface area contributed by atoms with Gasteiger partial charge in [-0.3, -0.25) is 0 Å². The quantitative estimate of drug-likeness (QED) is 0.663. The molecule has 0 aliphatic rings. The SMILES string of the molecule is [2H]C([2H])([2H])c1ccc(-c2c(C)c(C([2H])([2H])[2H])cc[n+]2C)c(C)c1. The van der Waals surface area contributed by atoms with Gasteiger partial charge in [0.15, 0.2) is 6.20 Å². The molecule has 0 aliphatic carbocycles. The summed E-state index contributed by atoms with van der Waals surface area (Å²) in [6.45, 7) is -0.707. The second-order valence-corrected chi connectivity index (χ2v) is 4.34. The maximum absolute atomic E-state index is 7.66. The average Bonchev–Trinajstić information content (AvgIpc) is 2.37. The number of nitrogens with zero attached hydrogens (tertiary/aromatic N) is 1. The van der Waals surface area contributed by atoms with Crippen LogP contribution in [0.1, 0.15) is 30.5 Å². The zero-order valence-electron chi connectivity index (χ0n) is 16.3. The van der Waals surface area contributed by atoms with E-state index in [-0.39, 0.29) is 5.56 Å². The van der Waals surface area contributed by atoms with Gasteiger partial charge in [-0.2, -0.15) is 0 Å². The van der Waals surface area contributed by atoms with Crippen LogP contribution in [0, 0.1) is 27.6 Å². The fourth-order valence-corrected chi connectivity index (χ4v) is 2.10. The minimum Gasteiger partial charge on any atom is -0.201 e. The molecule has 0 fully saturated rings. The molecule has 1 heterocycles. The average molecular weight is 232 g/mol. The third kappa shape index (κ3) is 2.10. The number of rotatable bonds is 1. The van der Waals surface area contributed by atoms with E-state index in [4.69, 9.17) is 8.22 Å². The summed E-state index contributed by atoms with van der Waals surface area (Å²) in [5, 5.41) is 0. The van der Waals surface area contributed by atoms with Crippen LogP contribution in [0.25, 0.3) is 11.3 Å². The van der Waals surface area contributed by atoms with Crippen molar-refractivity contribution in [2.24, 2.45) is 7.05 Å². The molecule has 1 heteroatoms. The molecule has 1 nitrogen and oxygen atoms in total. The Labute approximate surface area is 112 Å². The van der Waals surface area contributed by atoms with Gasteiger partial charge < -0.3 is 0 Å². The topological polar surface area (TPSA) is 3.88 Å². The molecule has 0 unspecified atom stereocenters. The molecule has 17 heavy (non-hydrogen) atoms. The monoisotopic (exact) mass is 232 g/mol. The van der Waals surface area contributed by atoms with E-state index in [0.717, 1.165) is 16.8 Å². The Morgan fingerprint density at radius 3 is 2.53 bits per heavy atom. The summed E-state index contributed by atoms with van der Waals surface area (Å²) in [4.78, 5) is 0. The Bertz CT molecular complexity index is 743. The first kappa shape index (κ1) is 6.34. The van der Waals surface area contributed by atoms with Crippen molar-refractivity contribution in [2.75, 3.05) is 0 Å². The van der Waals surface area contributed by atoms with Crippen LogP contribution in [0.5, 0.6) is 0 Å². The summed E-state index contributed by atoms with van der Waals surface area (Å²) in [6.07, 6.45) is 1.72. The molecule has 0 atom stereocenters. The van der Waals surface area contributed by atoms with E-state index in [1.807, 2.05) is 18.5 Å². The summed E-state index contributed by atoms with van der Waals surface area (Å²) < 4.78 is 47.3. The molecule has 0 bridgehead atoms. The van der Waals surface area contributed by atoms with Crippen molar-refractivity contribution in [1.29, 1.82) is 0 Å². The molecule has 0 saturated heterocycles. The van der Waals surface area contributed by atoms with Crippen LogP contribution in [0.2, 0.25) is 0 Å². The van der Waals surface area contributed by atoms with Gasteiger partial charge in [-0.1, -0.05) is 17.7 Å². The standard InChI is InChI=1S/C16H20N/c1-11-6-7-15(13(3)10-11)16-14(4)12(2)8-9-17(16)5/h6-10H,1-5H3/q+1/i1D3,2D3. The van der Waals surface area contributed by atoms with Gasteiger partial charge in [-0.25, -0.2) is 4.57 Å². The molecule has 0 saturated carbocycles. The number of hydrogen-bond donors (Lipinski definition) is 0. The summed E-state index contributed by atoms with van der Waals surface area (Å²) in [5.74, 6) is 0. The molecule has 0 radical (unpaired) electrons. The Morgan fingerprint density at radius 2 is 1.88 bits per heavy atom. The van der Waals surface area contributed by atoms with Gasteiger partial charge in [0.25, 0.3) is 0 Å². The van der Waals surface area contributed by atoms with Crippen LogP contribution < -0.4 is 4.57 Å². The van der Waals surface area contributed by atoms with Crippen molar-refractivity contribution in [1.82, 2.24) is 0 Å². The Kier molecular flexibility index (Phi) is 1.61. The smallest absolute Gasteiger partial charge is 0.201 e.